The molecule has 0 atom stereocenters. The maximum atomic E-state index is 4.39. The van der Waals surface area contributed by atoms with Gasteiger partial charge in [0.15, 0.2) is 5.13 Å². The molecule has 0 saturated carbocycles. The average molecular weight is 302 g/mol. The summed E-state index contributed by atoms with van der Waals surface area (Å²) in [5, 5.41) is 6.90. The van der Waals surface area contributed by atoms with Crippen LogP contribution < -0.4 is 10.2 Å². The SMILES string of the molecule is Cc1ccc(CCNC2CCN(c3nccs3)CC2)cn1. The molecule has 0 bridgehead atoms. The first-order chi connectivity index (χ1) is 10.3. The van der Waals surface area contributed by atoms with Crippen molar-refractivity contribution in [1.82, 2.24) is 15.3 Å². The zero-order valence-electron chi connectivity index (χ0n) is 12.5. The van der Waals surface area contributed by atoms with E-state index in [1.54, 1.807) is 11.3 Å². The van der Waals surface area contributed by atoms with Crippen molar-refractivity contribution in [3.8, 4) is 0 Å². The summed E-state index contributed by atoms with van der Waals surface area (Å²) in [5.74, 6) is 0. The molecule has 1 saturated heterocycles. The molecule has 4 nitrogen and oxygen atoms in total. The second-order valence-electron chi connectivity index (χ2n) is 5.59. The van der Waals surface area contributed by atoms with E-state index in [9.17, 15) is 0 Å². The molecule has 0 aromatic carbocycles. The second kappa shape index (κ2) is 7.00. The fraction of sp³-hybridized carbons (Fsp3) is 0.500. The fourth-order valence-corrected chi connectivity index (χ4v) is 3.41. The lowest BCUT2D eigenvalue weighted by Gasteiger charge is -2.32. The summed E-state index contributed by atoms with van der Waals surface area (Å²) in [5.41, 5.74) is 2.40. The van der Waals surface area contributed by atoms with Crippen LogP contribution in [-0.4, -0.2) is 35.6 Å². The number of pyridine rings is 1. The summed E-state index contributed by atoms with van der Waals surface area (Å²) in [7, 11) is 0. The minimum Gasteiger partial charge on any atom is -0.348 e. The Morgan fingerprint density at radius 1 is 1.29 bits per heavy atom. The molecule has 3 rings (SSSR count). The van der Waals surface area contributed by atoms with Crippen LogP contribution in [0.2, 0.25) is 0 Å². The van der Waals surface area contributed by atoms with Crippen molar-refractivity contribution in [2.75, 3.05) is 24.5 Å². The van der Waals surface area contributed by atoms with Gasteiger partial charge in [0.1, 0.15) is 0 Å². The normalized spacial score (nSPS) is 16.3. The average Bonchev–Trinajstić information content (AvgIpc) is 3.04. The summed E-state index contributed by atoms with van der Waals surface area (Å²) < 4.78 is 0. The highest BCUT2D eigenvalue weighted by Gasteiger charge is 2.19. The maximum absolute atomic E-state index is 4.39. The van der Waals surface area contributed by atoms with Crippen molar-refractivity contribution in [2.45, 2.75) is 32.2 Å². The highest BCUT2D eigenvalue weighted by Crippen LogP contribution is 2.21. The molecule has 2 aromatic rings. The van der Waals surface area contributed by atoms with Gasteiger partial charge in [-0.1, -0.05) is 6.07 Å². The molecule has 0 unspecified atom stereocenters. The summed E-state index contributed by atoms with van der Waals surface area (Å²) >= 11 is 1.73. The third kappa shape index (κ3) is 4.02. The van der Waals surface area contributed by atoms with E-state index >= 15 is 0 Å². The Morgan fingerprint density at radius 3 is 2.81 bits per heavy atom. The molecular formula is C16H22N4S. The van der Waals surface area contributed by atoms with E-state index in [0.29, 0.717) is 6.04 Å². The number of nitrogens with one attached hydrogen (secondary N) is 1. The Hall–Kier alpha value is -1.46. The van der Waals surface area contributed by atoms with Gasteiger partial charge < -0.3 is 10.2 Å². The van der Waals surface area contributed by atoms with Crippen LogP contribution in [0.1, 0.15) is 24.1 Å². The number of hydrogen-bond donors (Lipinski definition) is 1. The molecule has 2 aromatic heterocycles. The first-order valence-corrected chi connectivity index (χ1v) is 8.48. The third-order valence-corrected chi connectivity index (χ3v) is 4.84. The van der Waals surface area contributed by atoms with E-state index in [-0.39, 0.29) is 0 Å². The minimum atomic E-state index is 0.639. The second-order valence-corrected chi connectivity index (χ2v) is 6.46. The maximum Gasteiger partial charge on any atom is 0.185 e. The van der Waals surface area contributed by atoms with E-state index < -0.39 is 0 Å². The van der Waals surface area contributed by atoms with Crippen LogP contribution in [0.4, 0.5) is 5.13 Å². The van der Waals surface area contributed by atoms with Crippen LogP contribution in [-0.2, 0) is 6.42 Å². The highest BCUT2D eigenvalue weighted by atomic mass is 32.1. The molecule has 1 aliphatic rings. The number of aromatic nitrogens is 2. The van der Waals surface area contributed by atoms with Gasteiger partial charge in [-0.3, -0.25) is 4.98 Å². The number of nitrogens with zero attached hydrogens (tertiary/aromatic N) is 3. The first-order valence-electron chi connectivity index (χ1n) is 7.60. The molecule has 5 heteroatoms. The van der Waals surface area contributed by atoms with Gasteiger partial charge in [0.2, 0.25) is 0 Å². The molecule has 1 fully saturated rings. The summed E-state index contributed by atoms with van der Waals surface area (Å²) in [6.07, 6.45) is 7.33. The molecule has 21 heavy (non-hydrogen) atoms. The number of rotatable bonds is 5. The van der Waals surface area contributed by atoms with Crippen molar-refractivity contribution in [3.63, 3.8) is 0 Å². The molecule has 1 N–H and O–H groups in total. The zero-order valence-corrected chi connectivity index (χ0v) is 13.3. The zero-order chi connectivity index (χ0) is 14.5. The quantitative estimate of drug-likeness (QED) is 0.922. The van der Waals surface area contributed by atoms with Gasteiger partial charge in [-0.15, -0.1) is 11.3 Å². The number of thiazole rings is 1. The van der Waals surface area contributed by atoms with Gasteiger partial charge in [-0.25, -0.2) is 4.98 Å². The molecule has 3 heterocycles. The Bertz CT molecular complexity index is 530. The molecule has 1 aliphatic heterocycles. The standard InChI is InChI=1S/C16H22N4S/c1-13-2-3-14(12-19-13)4-7-17-15-5-9-20(10-6-15)16-18-8-11-21-16/h2-3,8,11-12,15,17H,4-7,9-10H2,1H3. The predicted octanol–water partition coefficient (Wildman–Crippen LogP) is 2.65. The van der Waals surface area contributed by atoms with E-state index in [0.717, 1.165) is 31.7 Å². The lowest BCUT2D eigenvalue weighted by Crippen LogP contribution is -2.43. The van der Waals surface area contributed by atoms with Crippen molar-refractivity contribution >= 4 is 16.5 Å². The fourth-order valence-electron chi connectivity index (χ4n) is 2.71. The molecule has 0 radical (unpaired) electrons. The van der Waals surface area contributed by atoms with Gasteiger partial charge in [0.05, 0.1) is 0 Å². The van der Waals surface area contributed by atoms with Crippen LogP contribution in [0.25, 0.3) is 0 Å². The van der Waals surface area contributed by atoms with Crippen LogP contribution in [0.15, 0.2) is 29.9 Å². The predicted molar refractivity (Wildman–Crippen MR) is 88.0 cm³/mol. The van der Waals surface area contributed by atoms with Gasteiger partial charge in [0.25, 0.3) is 0 Å². The Balaban J connectivity index is 1.38. The summed E-state index contributed by atoms with van der Waals surface area (Å²) in [6, 6.07) is 4.90. The lowest BCUT2D eigenvalue weighted by molar-refractivity contribution is 0.417. The monoisotopic (exact) mass is 302 g/mol. The van der Waals surface area contributed by atoms with Crippen molar-refractivity contribution in [1.29, 1.82) is 0 Å². The summed E-state index contributed by atoms with van der Waals surface area (Å²) in [6.45, 7) is 5.28. The molecule has 112 valence electrons. The van der Waals surface area contributed by atoms with E-state index in [2.05, 4.69) is 37.7 Å². The van der Waals surface area contributed by atoms with Gasteiger partial charge in [-0.05, 0) is 44.4 Å². The van der Waals surface area contributed by atoms with Crippen LogP contribution in [0.5, 0.6) is 0 Å². The van der Waals surface area contributed by atoms with Crippen LogP contribution in [0.3, 0.4) is 0 Å². The van der Waals surface area contributed by atoms with E-state index in [4.69, 9.17) is 0 Å². The Kier molecular flexibility index (Phi) is 4.83. The highest BCUT2D eigenvalue weighted by molar-refractivity contribution is 7.13. The minimum absolute atomic E-state index is 0.639. The van der Waals surface area contributed by atoms with Gasteiger partial charge in [0, 0.05) is 42.6 Å². The van der Waals surface area contributed by atoms with Crippen LogP contribution >= 0.6 is 11.3 Å². The molecular weight excluding hydrogens is 280 g/mol. The van der Waals surface area contributed by atoms with E-state index in [1.807, 2.05) is 19.3 Å². The molecule has 0 spiro atoms. The van der Waals surface area contributed by atoms with Gasteiger partial charge >= 0.3 is 0 Å². The Morgan fingerprint density at radius 2 is 2.14 bits per heavy atom. The third-order valence-electron chi connectivity index (χ3n) is 4.00. The van der Waals surface area contributed by atoms with Crippen molar-refractivity contribution in [3.05, 3.63) is 41.2 Å². The van der Waals surface area contributed by atoms with E-state index in [1.165, 1.54) is 23.5 Å². The number of hydrogen-bond acceptors (Lipinski definition) is 5. The number of piperidine rings is 1. The topological polar surface area (TPSA) is 41.0 Å². The lowest BCUT2D eigenvalue weighted by atomic mass is 10.1. The van der Waals surface area contributed by atoms with Gasteiger partial charge in [-0.2, -0.15) is 0 Å². The first kappa shape index (κ1) is 14.5. The number of anilines is 1. The summed E-state index contributed by atoms with van der Waals surface area (Å²) in [4.78, 5) is 11.1. The van der Waals surface area contributed by atoms with Crippen LogP contribution in [0, 0.1) is 6.92 Å². The molecule has 0 aliphatic carbocycles. The smallest absolute Gasteiger partial charge is 0.185 e. The largest absolute Gasteiger partial charge is 0.348 e. The van der Waals surface area contributed by atoms with Crippen molar-refractivity contribution in [2.24, 2.45) is 0 Å². The number of aryl methyl sites for hydroxylation is 1. The Labute approximate surface area is 130 Å². The van der Waals surface area contributed by atoms with Crippen molar-refractivity contribution < 1.29 is 0 Å². The molecule has 0 amide bonds.